The molecule has 1 aliphatic carbocycles. The Balaban J connectivity index is 0.00000163. The zero-order valence-electron chi connectivity index (χ0n) is 14.3. The molecule has 0 aromatic carbocycles. The van der Waals surface area contributed by atoms with E-state index in [1.807, 2.05) is 6.92 Å². The van der Waals surface area contributed by atoms with E-state index in [4.69, 9.17) is 15.3 Å². The van der Waals surface area contributed by atoms with Gasteiger partial charge in [-0.15, -0.1) is 0 Å². The van der Waals surface area contributed by atoms with Crippen LogP contribution in [0.4, 0.5) is 0 Å². The second-order valence-electron chi connectivity index (χ2n) is 6.13. The highest BCUT2D eigenvalue weighted by Crippen LogP contribution is 2.39. The molecule has 1 rings (SSSR count). The van der Waals surface area contributed by atoms with Gasteiger partial charge >= 0.3 is 17.9 Å². The first kappa shape index (κ1) is 21.9. The lowest BCUT2D eigenvalue weighted by Crippen LogP contribution is -2.45. The molecule has 1 fully saturated rings. The summed E-state index contributed by atoms with van der Waals surface area (Å²) in [7, 11) is 0. The molecular weight excluding hydrogens is 318 g/mol. The predicted octanol–water partition coefficient (Wildman–Crippen LogP) is 1.58. The predicted molar refractivity (Wildman–Crippen MR) is 85.4 cm³/mol. The number of hydrogen-bond acceptors (Lipinski definition) is 4. The van der Waals surface area contributed by atoms with E-state index < -0.39 is 42.2 Å². The van der Waals surface area contributed by atoms with Gasteiger partial charge in [-0.1, -0.05) is 27.2 Å². The smallest absolute Gasteiger partial charge is 0.326 e. The fourth-order valence-electron chi connectivity index (χ4n) is 2.79. The topological polar surface area (TPSA) is 141 Å². The van der Waals surface area contributed by atoms with Crippen LogP contribution in [0.1, 0.15) is 52.9 Å². The first-order valence-electron chi connectivity index (χ1n) is 8.10. The number of hydrogen-bond donors (Lipinski definition) is 4. The maximum absolute atomic E-state index is 12.1. The zero-order chi connectivity index (χ0) is 18.9. The summed E-state index contributed by atoms with van der Waals surface area (Å²) < 4.78 is 0. The Morgan fingerprint density at radius 1 is 1.04 bits per heavy atom. The minimum atomic E-state index is -1.50. The molecule has 4 N–H and O–H groups in total. The SMILES string of the molecule is CC1CCC(C(=O)NC(CC(=O)O)C(=O)O)C1CC(=O)O.CCC. The first-order valence-corrected chi connectivity index (χ1v) is 8.10. The summed E-state index contributed by atoms with van der Waals surface area (Å²) in [6.45, 7) is 6.10. The molecule has 0 aromatic heterocycles. The Morgan fingerprint density at radius 2 is 1.58 bits per heavy atom. The standard InChI is InChI=1S/C13H19NO7.C3H8/c1-6-2-3-7(8(6)4-10(15)16)12(19)14-9(13(20)21)5-11(17)18;1-3-2/h6-9H,2-5H2,1H3,(H,14,19)(H,15,16)(H,17,18)(H,20,21);3H2,1-2H3. The minimum absolute atomic E-state index is 0.0552. The van der Waals surface area contributed by atoms with Gasteiger partial charge < -0.3 is 20.6 Å². The number of carboxylic acid groups (broad SMARTS) is 3. The molecule has 4 unspecified atom stereocenters. The molecule has 0 bridgehead atoms. The molecule has 8 nitrogen and oxygen atoms in total. The normalized spacial score (nSPS) is 23.5. The van der Waals surface area contributed by atoms with Gasteiger partial charge in [0.15, 0.2) is 0 Å². The van der Waals surface area contributed by atoms with Gasteiger partial charge in [0.2, 0.25) is 5.91 Å². The van der Waals surface area contributed by atoms with Crippen LogP contribution < -0.4 is 5.32 Å². The van der Waals surface area contributed by atoms with Gasteiger partial charge in [0.25, 0.3) is 0 Å². The molecule has 1 amide bonds. The number of nitrogens with one attached hydrogen (secondary N) is 1. The second-order valence-corrected chi connectivity index (χ2v) is 6.13. The highest BCUT2D eigenvalue weighted by atomic mass is 16.4. The number of amides is 1. The van der Waals surface area contributed by atoms with Crippen LogP contribution in [0.15, 0.2) is 0 Å². The van der Waals surface area contributed by atoms with E-state index in [-0.39, 0.29) is 18.3 Å². The van der Waals surface area contributed by atoms with Crippen molar-refractivity contribution in [1.29, 1.82) is 0 Å². The van der Waals surface area contributed by atoms with Crippen molar-refractivity contribution in [1.82, 2.24) is 5.32 Å². The summed E-state index contributed by atoms with van der Waals surface area (Å²) in [5, 5.41) is 28.6. The van der Waals surface area contributed by atoms with Gasteiger partial charge in [0, 0.05) is 12.3 Å². The van der Waals surface area contributed by atoms with E-state index in [1.165, 1.54) is 6.42 Å². The van der Waals surface area contributed by atoms with E-state index in [0.29, 0.717) is 12.8 Å². The third kappa shape index (κ3) is 7.43. The molecule has 0 radical (unpaired) electrons. The average Bonchev–Trinajstić information content (AvgIpc) is 2.79. The summed E-state index contributed by atoms with van der Waals surface area (Å²) in [6.07, 6.45) is 1.54. The summed E-state index contributed by atoms with van der Waals surface area (Å²) in [5.41, 5.74) is 0. The Bertz CT molecular complexity index is 463. The van der Waals surface area contributed by atoms with Crippen molar-refractivity contribution in [3.05, 3.63) is 0 Å². The molecule has 0 spiro atoms. The van der Waals surface area contributed by atoms with Gasteiger partial charge in [-0.2, -0.15) is 0 Å². The highest BCUT2D eigenvalue weighted by molar-refractivity contribution is 5.88. The maximum Gasteiger partial charge on any atom is 0.326 e. The molecule has 138 valence electrons. The molecule has 0 heterocycles. The van der Waals surface area contributed by atoms with Gasteiger partial charge in [0.1, 0.15) is 6.04 Å². The Labute approximate surface area is 141 Å². The lowest BCUT2D eigenvalue weighted by Gasteiger charge is -2.22. The lowest BCUT2D eigenvalue weighted by atomic mass is 9.87. The maximum atomic E-state index is 12.1. The molecule has 24 heavy (non-hydrogen) atoms. The number of carboxylic acids is 3. The quantitative estimate of drug-likeness (QED) is 0.549. The Kier molecular flexibility index (Phi) is 9.68. The number of rotatable bonds is 7. The van der Waals surface area contributed by atoms with Gasteiger partial charge in [0.05, 0.1) is 6.42 Å². The number of aliphatic carboxylic acids is 3. The molecule has 4 atom stereocenters. The second kappa shape index (κ2) is 10.6. The summed E-state index contributed by atoms with van der Waals surface area (Å²) in [5.74, 6) is -5.24. The van der Waals surface area contributed by atoms with Gasteiger partial charge in [-0.25, -0.2) is 4.79 Å². The Hall–Kier alpha value is -2.12. The van der Waals surface area contributed by atoms with Crippen LogP contribution in [0.25, 0.3) is 0 Å². The highest BCUT2D eigenvalue weighted by Gasteiger charge is 2.40. The lowest BCUT2D eigenvalue weighted by molar-refractivity contribution is -0.148. The first-order chi connectivity index (χ1) is 11.1. The van der Waals surface area contributed by atoms with E-state index in [1.54, 1.807) is 0 Å². The van der Waals surface area contributed by atoms with Gasteiger partial charge in [-0.05, 0) is 24.7 Å². The van der Waals surface area contributed by atoms with Gasteiger partial charge in [-0.3, -0.25) is 14.4 Å². The largest absolute Gasteiger partial charge is 0.481 e. The number of carbonyl (C=O) groups is 4. The molecule has 1 aliphatic rings. The van der Waals surface area contributed by atoms with Crippen LogP contribution in [0.5, 0.6) is 0 Å². The van der Waals surface area contributed by atoms with Crippen LogP contribution in [-0.2, 0) is 19.2 Å². The average molecular weight is 345 g/mol. The van der Waals surface area contributed by atoms with Crippen molar-refractivity contribution in [3.8, 4) is 0 Å². The van der Waals surface area contributed by atoms with Crippen LogP contribution in [0.2, 0.25) is 0 Å². The number of carbonyl (C=O) groups excluding carboxylic acids is 1. The zero-order valence-corrected chi connectivity index (χ0v) is 14.3. The van der Waals surface area contributed by atoms with Crippen molar-refractivity contribution in [2.45, 2.75) is 58.9 Å². The summed E-state index contributed by atoms with van der Waals surface area (Å²) in [6, 6.07) is -1.50. The Morgan fingerprint density at radius 3 is 2.00 bits per heavy atom. The third-order valence-corrected chi connectivity index (χ3v) is 3.92. The molecule has 1 saturated carbocycles. The minimum Gasteiger partial charge on any atom is -0.481 e. The van der Waals surface area contributed by atoms with Crippen molar-refractivity contribution in [2.24, 2.45) is 17.8 Å². The van der Waals surface area contributed by atoms with Crippen molar-refractivity contribution < 1.29 is 34.5 Å². The molecular formula is C16H27NO7. The van der Waals surface area contributed by atoms with E-state index in [0.717, 1.165) is 0 Å². The third-order valence-electron chi connectivity index (χ3n) is 3.92. The van der Waals surface area contributed by atoms with Crippen LogP contribution in [-0.4, -0.2) is 45.2 Å². The summed E-state index contributed by atoms with van der Waals surface area (Å²) in [4.78, 5) is 44.5. The van der Waals surface area contributed by atoms with E-state index >= 15 is 0 Å². The monoisotopic (exact) mass is 345 g/mol. The molecule has 8 heteroatoms. The van der Waals surface area contributed by atoms with Crippen LogP contribution in [0.3, 0.4) is 0 Å². The van der Waals surface area contributed by atoms with Crippen LogP contribution in [0, 0.1) is 17.8 Å². The fraction of sp³-hybridized carbons (Fsp3) is 0.750. The van der Waals surface area contributed by atoms with E-state index in [9.17, 15) is 19.2 Å². The molecule has 0 saturated heterocycles. The van der Waals surface area contributed by atoms with Crippen LogP contribution >= 0.6 is 0 Å². The van der Waals surface area contributed by atoms with Crippen molar-refractivity contribution in [3.63, 3.8) is 0 Å². The fourth-order valence-corrected chi connectivity index (χ4v) is 2.79. The van der Waals surface area contributed by atoms with Crippen molar-refractivity contribution in [2.75, 3.05) is 0 Å². The molecule has 0 aliphatic heterocycles. The van der Waals surface area contributed by atoms with Crippen molar-refractivity contribution >= 4 is 23.8 Å². The summed E-state index contributed by atoms with van der Waals surface area (Å²) >= 11 is 0. The molecule has 0 aromatic rings. The van der Waals surface area contributed by atoms with E-state index in [2.05, 4.69) is 19.2 Å².